The fourth-order valence-electron chi connectivity index (χ4n) is 5.63. The van der Waals surface area contributed by atoms with Crippen LogP contribution in [0.25, 0.3) is 0 Å². The van der Waals surface area contributed by atoms with Crippen molar-refractivity contribution in [2.75, 3.05) is 18.5 Å². The van der Waals surface area contributed by atoms with Crippen LogP contribution >= 0.6 is 0 Å². The van der Waals surface area contributed by atoms with Gasteiger partial charge in [0, 0.05) is 38.1 Å². The number of aromatic nitrogens is 3. The van der Waals surface area contributed by atoms with E-state index >= 15 is 0 Å². The topological polar surface area (TPSA) is 90.2 Å². The van der Waals surface area contributed by atoms with Gasteiger partial charge in [-0.25, -0.2) is 4.98 Å². The normalized spacial score (nSPS) is 18.8. The van der Waals surface area contributed by atoms with Crippen molar-refractivity contribution in [2.45, 2.75) is 70.4 Å². The van der Waals surface area contributed by atoms with E-state index in [1.807, 2.05) is 4.57 Å². The smallest absolute Gasteiger partial charge is 0.381 e. The first kappa shape index (κ1) is 27.0. The number of nitrogens with one attached hydrogen (secondary N) is 2. The number of hydrogen-bond donors (Lipinski definition) is 2. The number of amides is 1. The molecule has 5 rings (SSSR count). The Kier molecular flexibility index (Phi) is 7.53. The highest BCUT2D eigenvalue weighted by molar-refractivity contribution is 5.99. The molecule has 2 aromatic heterocycles. The van der Waals surface area contributed by atoms with Crippen LogP contribution in [0.5, 0.6) is 0 Å². The molecule has 1 amide bonds. The molecule has 3 aromatic rings. The summed E-state index contributed by atoms with van der Waals surface area (Å²) in [6.45, 7) is 4.96. The first-order valence-corrected chi connectivity index (χ1v) is 13.2. The number of hydrogen-bond acceptors (Lipinski definition) is 5. The van der Waals surface area contributed by atoms with Gasteiger partial charge < -0.3 is 24.5 Å². The van der Waals surface area contributed by atoms with E-state index in [9.17, 15) is 22.8 Å². The monoisotopic (exact) mass is 543 g/mol. The van der Waals surface area contributed by atoms with E-state index in [1.54, 1.807) is 36.3 Å². The summed E-state index contributed by atoms with van der Waals surface area (Å²) in [6.07, 6.45) is 3.62. The highest BCUT2D eigenvalue weighted by Gasteiger charge is 2.33. The van der Waals surface area contributed by atoms with Gasteiger partial charge in [-0.15, -0.1) is 0 Å². The molecule has 39 heavy (non-hydrogen) atoms. The minimum atomic E-state index is -4.49. The summed E-state index contributed by atoms with van der Waals surface area (Å²) in [7, 11) is 0. The summed E-state index contributed by atoms with van der Waals surface area (Å²) in [6, 6.07) is 4.46. The predicted octanol–water partition coefficient (Wildman–Crippen LogP) is 5.16. The number of aryl methyl sites for hydroxylation is 1. The van der Waals surface area contributed by atoms with Crippen LogP contribution in [0.3, 0.4) is 0 Å². The molecule has 1 aromatic carbocycles. The number of carbonyl (C=O) groups is 1. The molecule has 1 saturated heterocycles. The number of benzene rings is 1. The molecule has 8 nitrogen and oxygen atoms in total. The van der Waals surface area contributed by atoms with Crippen LogP contribution in [-0.2, 0) is 17.5 Å². The number of ether oxygens (including phenoxy) is 1. The SMILES string of the molecule is Cc1c([C@@H](C)NC(=O)c2cn(C3CCOCC3)c(=O)cc2NC2CCCn3cncc32)cccc1C(F)(F)F. The summed E-state index contributed by atoms with van der Waals surface area (Å²) in [5.74, 6) is -0.480. The van der Waals surface area contributed by atoms with Crippen molar-refractivity contribution in [1.29, 1.82) is 0 Å². The summed E-state index contributed by atoms with van der Waals surface area (Å²) in [4.78, 5) is 31.1. The highest BCUT2D eigenvalue weighted by atomic mass is 19.4. The molecule has 208 valence electrons. The van der Waals surface area contributed by atoms with Gasteiger partial charge in [0.1, 0.15) is 0 Å². The lowest BCUT2D eigenvalue weighted by atomic mass is 9.97. The molecule has 0 radical (unpaired) electrons. The van der Waals surface area contributed by atoms with E-state index in [-0.39, 0.29) is 28.8 Å². The fraction of sp³-hybridized carbons (Fsp3) is 0.464. The van der Waals surface area contributed by atoms with Gasteiger partial charge in [0.25, 0.3) is 11.5 Å². The molecule has 2 aliphatic rings. The molecule has 4 heterocycles. The van der Waals surface area contributed by atoms with E-state index in [2.05, 4.69) is 15.6 Å². The van der Waals surface area contributed by atoms with Gasteiger partial charge in [-0.1, -0.05) is 12.1 Å². The Morgan fingerprint density at radius 3 is 2.72 bits per heavy atom. The maximum Gasteiger partial charge on any atom is 0.416 e. The Morgan fingerprint density at radius 2 is 1.97 bits per heavy atom. The van der Waals surface area contributed by atoms with E-state index in [4.69, 9.17) is 4.74 Å². The van der Waals surface area contributed by atoms with E-state index in [0.717, 1.165) is 31.1 Å². The van der Waals surface area contributed by atoms with E-state index in [1.165, 1.54) is 19.1 Å². The van der Waals surface area contributed by atoms with Crippen molar-refractivity contribution in [3.63, 3.8) is 0 Å². The molecule has 11 heteroatoms. The Morgan fingerprint density at radius 1 is 1.21 bits per heavy atom. The first-order valence-electron chi connectivity index (χ1n) is 13.2. The zero-order valence-electron chi connectivity index (χ0n) is 21.9. The lowest BCUT2D eigenvalue weighted by molar-refractivity contribution is -0.138. The van der Waals surface area contributed by atoms with Crippen molar-refractivity contribution in [1.82, 2.24) is 19.4 Å². The average Bonchev–Trinajstić information content (AvgIpc) is 3.39. The molecular weight excluding hydrogens is 511 g/mol. The number of anilines is 1. The minimum absolute atomic E-state index is 0.0683. The number of fused-ring (bicyclic) bond motifs is 1. The molecule has 2 atom stereocenters. The van der Waals surface area contributed by atoms with Crippen LogP contribution in [-0.4, -0.2) is 33.2 Å². The number of imidazole rings is 1. The van der Waals surface area contributed by atoms with Gasteiger partial charge in [0.15, 0.2) is 0 Å². The molecule has 2 N–H and O–H groups in total. The lowest BCUT2D eigenvalue weighted by Crippen LogP contribution is -2.34. The van der Waals surface area contributed by atoms with Crippen LogP contribution < -0.4 is 16.2 Å². The Hall–Kier alpha value is -3.60. The van der Waals surface area contributed by atoms with Crippen molar-refractivity contribution in [3.8, 4) is 0 Å². The zero-order valence-corrected chi connectivity index (χ0v) is 21.9. The molecule has 2 aliphatic heterocycles. The van der Waals surface area contributed by atoms with Gasteiger partial charge in [-0.2, -0.15) is 13.2 Å². The molecule has 1 unspecified atom stereocenters. The van der Waals surface area contributed by atoms with Gasteiger partial charge >= 0.3 is 6.18 Å². The second kappa shape index (κ2) is 10.9. The molecule has 0 saturated carbocycles. The average molecular weight is 544 g/mol. The van der Waals surface area contributed by atoms with Crippen molar-refractivity contribution >= 4 is 11.6 Å². The Labute approximate surface area is 224 Å². The number of pyridine rings is 1. The summed E-state index contributed by atoms with van der Waals surface area (Å²) in [5, 5.41) is 6.26. The van der Waals surface area contributed by atoms with E-state index in [0.29, 0.717) is 37.3 Å². The second-order valence-electron chi connectivity index (χ2n) is 10.3. The first-order chi connectivity index (χ1) is 18.6. The van der Waals surface area contributed by atoms with Gasteiger partial charge in [0.2, 0.25) is 0 Å². The molecule has 0 spiro atoms. The molecular formula is C28H32F3N5O3. The standard InChI is InChI=1S/C28H32F3N5O3/c1-17-20(5-3-6-22(17)28(29,30)31)18(2)33-27(38)21-15-36(19-8-11-39-12-9-19)26(37)13-24(21)34-23-7-4-10-35-16-32-14-25(23)35/h3,5-6,13-16,18-19,23,34H,4,7-12H2,1-2H3,(H,33,38)/t18-,23?/m1/s1. The fourth-order valence-corrected chi connectivity index (χ4v) is 5.63. The van der Waals surface area contributed by atoms with Crippen LogP contribution in [0.2, 0.25) is 0 Å². The maximum absolute atomic E-state index is 13.7. The van der Waals surface area contributed by atoms with Gasteiger partial charge in [-0.3, -0.25) is 9.59 Å². The lowest BCUT2D eigenvalue weighted by Gasteiger charge is -2.29. The van der Waals surface area contributed by atoms with Gasteiger partial charge in [-0.05, 0) is 56.7 Å². The number of carbonyl (C=O) groups excluding carboxylic acids is 1. The number of nitrogens with zero attached hydrogens (tertiary/aromatic N) is 3. The van der Waals surface area contributed by atoms with Crippen molar-refractivity contribution in [3.05, 3.63) is 81.3 Å². The highest BCUT2D eigenvalue weighted by Crippen LogP contribution is 2.35. The van der Waals surface area contributed by atoms with Crippen molar-refractivity contribution in [2.24, 2.45) is 0 Å². The quantitative estimate of drug-likeness (QED) is 0.448. The summed E-state index contributed by atoms with van der Waals surface area (Å²) >= 11 is 0. The zero-order chi connectivity index (χ0) is 27.7. The Bertz CT molecular complexity index is 1410. The maximum atomic E-state index is 13.7. The number of rotatable bonds is 6. The third-order valence-corrected chi connectivity index (χ3v) is 7.73. The van der Waals surface area contributed by atoms with Gasteiger partial charge in [0.05, 0.1) is 47.1 Å². The summed E-state index contributed by atoms with van der Waals surface area (Å²) in [5.41, 5.74) is 1.09. The molecule has 0 bridgehead atoms. The van der Waals surface area contributed by atoms with E-state index < -0.39 is 23.7 Å². The predicted molar refractivity (Wildman–Crippen MR) is 140 cm³/mol. The number of halogens is 3. The summed E-state index contributed by atoms with van der Waals surface area (Å²) < 4.78 is 49.5. The number of alkyl halides is 3. The minimum Gasteiger partial charge on any atom is -0.381 e. The van der Waals surface area contributed by atoms with Crippen LogP contribution in [0.15, 0.2) is 47.8 Å². The Balaban J connectivity index is 1.48. The third-order valence-electron chi connectivity index (χ3n) is 7.73. The van der Waals surface area contributed by atoms with Crippen LogP contribution in [0, 0.1) is 6.92 Å². The second-order valence-corrected chi connectivity index (χ2v) is 10.3. The van der Waals surface area contributed by atoms with Crippen molar-refractivity contribution < 1.29 is 22.7 Å². The third kappa shape index (κ3) is 5.59. The van der Waals surface area contributed by atoms with Crippen LogP contribution in [0.1, 0.15) is 83.5 Å². The largest absolute Gasteiger partial charge is 0.416 e. The molecule has 0 aliphatic carbocycles. The van der Waals surface area contributed by atoms with Crippen LogP contribution in [0.4, 0.5) is 18.9 Å². The molecule has 1 fully saturated rings.